The highest BCUT2D eigenvalue weighted by atomic mass is 15.2. The first-order valence-electron chi connectivity index (χ1n) is 6.85. The number of rotatable bonds is 4. The van der Waals surface area contributed by atoms with E-state index < -0.39 is 0 Å². The van der Waals surface area contributed by atoms with Crippen molar-refractivity contribution in [3.05, 3.63) is 23.9 Å². The second-order valence-corrected chi connectivity index (χ2v) is 5.60. The van der Waals surface area contributed by atoms with Gasteiger partial charge in [0.05, 0.1) is 0 Å². The van der Waals surface area contributed by atoms with Gasteiger partial charge in [-0.15, -0.1) is 0 Å². The van der Waals surface area contributed by atoms with Crippen LogP contribution in [0.1, 0.15) is 38.2 Å². The lowest BCUT2D eigenvalue weighted by Gasteiger charge is -2.33. The maximum absolute atomic E-state index is 5.74. The molecule has 1 fully saturated rings. The van der Waals surface area contributed by atoms with Gasteiger partial charge in [-0.2, -0.15) is 0 Å². The minimum Gasteiger partial charge on any atom is -0.384 e. The van der Waals surface area contributed by atoms with E-state index in [4.69, 9.17) is 11.6 Å². The van der Waals surface area contributed by atoms with Crippen molar-refractivity contribution in [3.8, 4) is 0 Å². The van der Waals surface area contributed by atoms with Crippen molar-refractivity contribution in [1.82, 2.24) is 10.4 Å². The van der Waals surface area contributed by atoms with Gasteiger partial charge in [-0.25, -0.2) is 4.98 Å². The Balaban J connectivity index is 2.00. The molecule has 4 heteroatoms. The number of aromatic nitrogens is 1. The molecule has 0 saturated heterocycles. The molecular weight excluding hydrogens is 224 g/mol. The lowest BCUT2D eigenvalue weighted by molar-refractivity contribution is 0.222. The third-order valence-electron chi connectivity index (χ3n) is 4.06. The zero-order valence-electron chi connectivity index (χ0n) is 11.1. The van der Waals surface area contributed by atoms with Gasteiger partial charge in [0.15, 0.2) is 0 Å². The Kier molecular flexibility index (Phi) is 4.55. The Morgan fingerprint density at radius 2 is 2.33 bits per heavy atom. The predicted molar refractivity (Wildman–Crippen MR) is 74.6 cm³/mol. The van der Waals surface area contributed by atoms with Crippen LogP contribution >= 0.6 is 0 Å². The SMILES string of the molecule is CC1CCCC(C(Cc2ccnc(N)c2)NN)C1. The van der Waals surface area contributed by atoms with Crippen LogP contribution in [-0.4, -0.2) is 11.0 Å². The molecule has 18 heavy (non-hydrogen) atoms. The molecule has 1 aliphatic carbocycles. The number of nitrogen functional groups attached to an aromatic ring is 1. The molecule has 3 unspecified atom stereocenters. The fraction of sp³-hybridized carbons (Fsp3) is 0.643. The van der Waals surface area contributed by atoms with Crippen LogP contribution in [0, 0.1) is 11.8 Å². The third kappa shape index (κ3) is 3.43. The van der Waals surface area contributed by atoms with Crippen LogP contribution in [-0.2, 0) is 6.42 Å². The summed E-state index contributed by atoms with van der Waals surface area (Å²) in [7, 11) is 0. The fourth-order valence-electron chi connectivity index (χ4n) is 3.08. The van der Waals surface area contributed by atoms with E-state index in [0.29, 0.717) is 17.8 Å². The summed E-state index contributed by atoms with van der Waals surface area (Å²) >= 11 is 0. The van der Waals surface area contributed by atoms with E-state index in [0.717, 1.165) is 12.3 Å². The number of anilines is 1. The maximum atomic E-state index is 5.74. The first kappa shape index (κ1) is 13.3. The lowest BCUT2D eigenvalue weighted by atomic mass is 9.77. The van der Waals surface area contributed by atoms with E-state index >= 15 is 0 Å². The molecule has 1 aromatic heterocycles. The highest BCUT2D eigenvalue weighted by molar-refractivity contribution is 5.32. The lowest BCUT2D eigenvalue weighted by Crippen LogP contribution is -2.44. The highest BCUT2D eigenvalue weighted by Gasteiger charge is 2.26. The molecule has 0 aromatic carbocycles. The first-order chi connectivity index (χ1) is 8.69. The summed E-state index contributed by atoms with van der Waals surface area (Å²) in [5.41, 5.74) is 9.92. The maximum Gasteiger partial charge on any atom is 0.123 e. The summed E-state index contributed by atoms with van der Waals surface area (Å²) < 4.78 is 0. The Labute approximate surface area is 109 Å². The second-order valence-electron chi connectivity index (χ2n) is 5.60. The molecule has 0 bridgehead atoms. The van der Waals surface area contributed by atoms with Gasteiger partial charge in [-0.05, 0) is 48.8 Å². The standard InChI is InChI=1S/C14H24N4/c1-10-3-2-4-12(7-10)13(18-16)8-11-5-6-17-14(15)9-11/h5-6,9-10,12-13,18H,2-4,7-8,16H2,1H3,(H2,15,17). The molecular formula is C14H24N4. The first-order valence-corrected chi connectivity index (χ1v) is 6.85. The smallest absolute Gasteiger partial charge is 0.123 e. The normalized spacial score (nSPS) is 25.9. The Bertz CT molecular complexity index is 380. The van der Waals surface area contributed by atoms with Crippen molar-refractivity contribution in [3.63, 3.8) is 0 Å². The van der Waals surface area contributed by atoms with Crippen LogP contribution in [0.15, 0.2) is 18.3 Å². The molecule has 0 spiro atoms. The summed E-state index contributed by atoms with van der Waals surface area (Å²) in [5, 5.41) is 0. The Hall–Kier alpha value is -1.13. The summed E-state index contributed by atoms with van der Waals surface area (Å²) in [4.78, 5) is 4.02. The van der Waals surface area contributed by atoms with Gasteiger partial charge in [0, 0.05) is 12.2 Å². The second kappa shape index (κ2) is 6.16. The molecule has 1 saturated carbocycles. The van der Waals surface area contributed by atoms with Crippen LogP contribution in [0.3, 0.4) is 0 Å². The van der Waals surface area contributed by atoms with Crippen LogP contribution in [0.5, 0.6) is 0 Å². The monoisotopic (exact) mass is 248 g/mol. The summed E-state index contributed by atoms with van der Waals surface area (Å²) in [5.74, 6) is 7.82. The van der Waals surface area contributed by atoms with E-state index in [2.05, 4.69) is 17.3 Å². The molecule has 0 radical (unpaired) electrons. The number of nitrogens with zero attached hydrogens (tertiary/aromatic N) is 1. The van der Waals surface area contributed by atoms with Crippen molar-refractivity contribution < 1.29 is 0 Å². The summed E-state index contributed by atoms with van der Waals surface area (Å²) in [6.07, 6.45) is 7.93. The van der Waals surface area contributed by atoms with E-state index in [1.54, 1.807) is 6.20 Å². The number of nitrogens with one attached hydrogen (secondary N) is 1. The van der Waals surface area contributed by atoms with Crippen molar-refractivity contribution in [1.29, 1.82) is 0 Å². The summed E-state index contributed by atoms with van der Waals surface area (Å²) in [6, 6.07) is 4.30. The van der Waals surface area contributed by atoms with Gasteiger partial charge >= 0.3 is 0 Å². The van der Waals surface area contributed by atoms with Gasteiger partial charge in [0.1, 0.15) is 5.82 Å². The summed E-state index contributed by atoms with van der Waals surface area (Å²) in [6.45, 7) is 2.34. The van der Waals surface area contributed by atoms with Gasteiger partial charge in [0.2, 0.25) is 0 Å². The van der Waals surface area contributed by atoms with Gasteiger partial charge in [-0.1, -0.05) is 19.8 Å². The molecule has 1 aromatic rings. The Morgan fingerprint density at radius 1 is 1.50 bits per heavy atom. The average molecular weight is 248 g/mol. The molecule has 0 amide bonds. The number of hydrogen-bond donors (Lipinski definition) is 3. The van der Waals surface area contributed by atoms with Crippen molar-refractivity contribution in [2.75, 3.05) is 5.73 Å². The number of nitrogens with two attached hydrogens (primary N) is 2. The molecule has 2 rings (SSSR count). The van der Waals surface area contributed by atoms with Gasteiger partial charge in [0.25, 0.3) is 0 Å². The molecule has 0 aliphatic heterocycles. The number of hydrogen-bond acceptors (Lipinski definition) is 4. The number of hydrazine groups is 1. The van der Waals surface area contributed by atoms with Crippen LogP contribution in [0.25, 0.3) is 0 Å². The van der Waals surface area contributed by atoms with E-state index in [1.807, 2.05) is 12.1 Å². The largest absolute Gasteiger partial charge is 0.384 e. The fourth-order valence-corrected chi connectivity index (χ4v) is 3.08. The highest BCUT2D eigenvalue weighted by Crippen LogP contribution is 2.31. The van der Waals surface area contributed by atoms with Gasteiger partial charge in [-0.3, -0.25) is 11.3 Å². The average Bonchev–Trinajstić information content (AvgIpc) is 2.36. The van der Waals surface area contributed by atoms with Crippen LogP contribution in [0.4, 0.5) is 5.82 Å². The van der Waals surface area contributed by atoms with Crippen molar-refractivity contribution in [2.24, 2.45) is 17.7 Å². The van der Waals surface area contributed by atoms with Crippen molar-refractivity contribution >= 4 is 5.82 Å². The Morgan fingerprint density at radius 3 is 3.00 bits per heavy atom. The minimum atomic E-state index is 0.342. The molecule has 100 valence electrons. The minimum absolute atomic E-state index is 0.342. The van der Waals surface area contributed by atoms with Crippen molar-refractivity contribution in [2.45, 2.75) is 45.1 Å². The molecule has 4 nitrogen and oxygen atoms in total. The molecule has 3 atom stereocenters. The zero-order valence-corrected chi connectivity index (χ0v) is 11.1. The van der Waals surface area contributed by atoms with Gasteiger partial charge < -0.3 is 5.73 Å². The molecule has 1 heterocycles. The van der Waals surface area contributed by atoms with E-state index in [-0.39, 0.29) is 0 Å². The number of pyridine rings is 1. The molecule has 5 N–H and O–H groups in total. The third-order valence-corrected chi connectivity index (χ3v) is 4.06. The van der Waals surface area contributed by atoms with E-state index in [9.17, 15) is 0 Å². The van der Waals surface area contributed by atoms with Crippen LogP contribution in [0.2, 0.25) is 0 Å². The quantitative estimate of drug-likeness (QED) is 0.561. The zero-order chi connectivity index (χ0) is 13.0. The molecule has 1 aliphatic rings. The predicted octanol–water partition coefficient (Wildman–Crippen LogP) is 1.86. The topological polar surface area (TPSA) is 77.0 Å². The van der Waals surface area contributed by atoms with Crippen LogP contribution < -0.4 is 17.0 Å². The van der Waals surface area contributed by atoms with E-state index in [1.165, 1.54) is 31.2 Å².